The Hall–Kier alpha value is -1.65. The minimum Gasteiger partial charge on any atom is -0.493 e. The van der Waals surface area contributed by atoms with Gasteiger partial charge in [-0.25, -0.2) is 21.9 Å². The number of methoxy groups -OCH3 is 2. The largest absolute Gasteiger partial charge is 0.493 e. The Morgan fingerprint density at radius 2 is 1.88 bits per heavy atom. The van der Waals surface area contributed by atoms with Gasteiger partial charge in [-0.1, -0.05) is 11.6 Å². The van der Waals surface area contributed by atoms with Crippen LogP contribution in [0, 0.1) is 11.6 Å². The lowest BCUT2D eigenvalue weighted by Gasteiger charge is -2.35. The number of hydrogen-bond donors (Lipinski definition) is 1. The van der Waals surface area contributed by atoms with E-state index < -0.39 is 31.6 Å². The van der Waals surface area contributed by atoms with Gasteiger partial charge in [0.2, 0.25) is 10.0 Å². The number of nitrogens with one attached hydrogen (secondary N) is 1. The van der Waals surface area contributed by atoms with E-state index in [0.717, 1.165) is 56.3 Å². The molecule has 0 aromatic heterocycles. The van der Waals surface area contributed by atoms with Crippen LogP contribution in [0.3, 0.4) is 0 Å². The highest BCUT2D eigenvalue weighted by molar-refractivity contribution is 7.89. The van der Waals surface area contributed by atoms with Gasteiger partial charge in [0.25, 0.3) is 0 Å². The Morgan fingerprint density at radius 1 is 1.12 bits per heavy atom. The molecule has 1 unspecified atom stereocenters. The smallest absolute Gasteiger partial charge is 0.243 e. The monoisotopic (exact) mass is 536 g/mol. The lowest BCUT2D eigenvalue weighted by molar-refractivity contribution is 0.182. The fourth-order valence-electron chi connectivity index (χ4n) is 4.92. The molecule has 1 heterocycles. The summed E-state index contributed by atoms with van der Waals surface area (Å²) in [4.78, 5) is 1.79. The number of ether oxygens (including phenoxy) is 2. The third-order valence-corrected chi connectivity index (χ3v) is 8.20. The van der Waals surface area contributed by atoms with Crippen LogP contribution >= 0.6 is 24.0 Å². The summed E-state index contributed by atoms with van der Waals surface area (Å²) >= 11 is 5.61. The van der Waals surface area contributed by atoms with Gasteiger partial charge >= 0.3 is 0 Å². The molecular formula is C23H28Cl2F2N2O4S. The predicted octanol–water partition coefficient (Wildman–Crippen LogP) is 4.66. The molecule has 4 rings (SSSR count). The van der Waals surface area contributed by atoms with Crippen LogP contribution in [0.15, 0.2) is 23.1 Å². The highest BCUT2D eigenvalue weighted by Crippen LogP contribution is 2.48. The number of sulfonamides is 1. The van der Waals surface area contributed by atoms with E-state index in [2.05, 4.69) is 15.7 Å². The second kappa shape index (κ2) is 11.0. The summed E-state index contributed by atoms with van der Waals surface area (Å²) in [5.41, 5.74) is 3.90. The van der Waals surface area contributed by atoms with E-state index in [-0.39, 0.29) is 19.0 Å². The molecule has 0 saturated carbocycles. The molecular weight excluding hydrogens is 509 g/mol. The summed E-state index contributed by atoms with van der Waals surface area (Å²) in [6.07, 6.45) is 4.25. The number of hydrogen-bond acceptors (Lipinski definition) is 5. The van der Waals surface area contributed by atoms with E-state index in [1.807, 2.05) is 0 Å². The maximum Gasteiger partial charge on any atom is 0.243 e. The third-order valence-electron chi connectivity index (χ3n) is 6.44. The molecule has 6 nitrogen and oxygen atoms in total. The van der Waals surface area contributed by atoms with Gasteiger partial charge in [0.1, 0.15) is 16.5 Å². The molecule has 1 atom stereocenters. The fourth-order valence-corrected chi connectivity index (χ4v) is 6.31. The van der Waals surface area contributed by atoms with E-state index in [9.17, 15) is 17.2 Å². The van der Waals surface area contributed by atoms with Gasteiger partial charge < -0.3 is 9.47 Å². The molecule has 1 N–H and O–H groups in total. The molecule has 188 valence electrons. The summed E-state index contributed by atoms with van der Waals surface area (Å²) in [6.45, 7) is 1.91. The van der Waals surface area contributed by atoms with Crippen LogP contribution in [-0.2, 0) is 22.9 Å². The number of benzene rings is 2. The summed E-state index contributed by atoms with van der Waals surface area (Å²) in [5, 5.41) is -0.438. The second-order valence-corrected chi connectivity index (χ2v) is 10.4. The first-order chi connectivity index (χ1) is 15.8. The molecule has 2 aromatic carbocycles. The van der Waals surface area contributed by atoms with Gasteiger partial charge in [0.15, 0.2) is 11.5 Å². The Bertz CT molecular complexity index is 1160. The Labute approximate surface area is 210 Å². The predicted molar refractivity (Wildman–Crippen MR) is 129 cm³/mol. The summed E-state index contributed by atoms with van der Waals surface area (Å²) < 4.78 is 65.5. The first-order valence-corrected chi connectivity index (χ1v) is 12.8. The Balaban J connectivity index is 0.00000324. The van der Waals surface area contributed by atoms with Crippen LogP contribution in [-0.4, -0.2) is 47.2 Å². The van der Waals surface area contributed by atoms with Gasteiger partial charge in [0.05, 0.1) is 19.2 Å². The normalized spacial score (nSPS) is 17.3. The lowest BCUT2D eigenvalue weighted by Crippen LogP contribution is -2.35. The van der Waals surface area contributed by atoms with Crippen molar-refractivity contribution in [3.8, 4) is 11.5 Å². The molecule has 11 heteroatoms. The van der Waals surface area contributed by atoms with E-state index in [1.54, 1.807) is 14.2 Å². The van der Waals surface area contributed by atoms with Gasteiger partial charge in [0, 0.05) is 30.8 Å². The number of rotatable bonds is 9. The minimum absolute atomic E-state index is 0. The van der Waals surface area contributed by atoms with Gasteiger partial charge in [-0.2, -0.15) is 0 Å². The molecule has 2 aromatic rings. The number of unbranched alkanes of at least 4 members (excludes halogenated alkanes) is 1. The third kappa shape index (κ3) is 5.14. The minimum atomic E-state index is -4.11. The molecule has 34 heavy (non-hydrogen) atoms. The molecule has 0 spiro atoms. The van der Waals surface area contributed by atoms with Gasteiger partial charge in [-0.05, 0) is 61.9 Å². The molecule has 0 radical (unpaired) electrons. The van der Waals surface area contributed by atoms with Crippen molar-refractivity contribution in [2.45, 2.75) is 43.0 Å². The zero-order valence-corrected chi connectivity index (χ0v) is 21.4. The van der Waals surface area contributed by atoms with Crippen molar-refractivity contribution < 1.29 is 26.7 Å². The highest BCUT2D eigenvalue weighted by Gasteiger charge is 2.36. The van der Waals surface area contributed by atoms with Crippen molar-refractivity contribution in [2.24, 2.45) is 0 Å². The number of halogens is 4. The second-order valence-electron chi connectivity index (χ2n) is 8.31. The van der Waals surface area contributed by atoms with E-state index in [4.69, 9.17) is 21.1 Å². The van der Waals surface area contributed by atoms with Crippen LogP contribution in [0.4, 0.5) is 8.78 Å². The van der Waals surface area contributed by atoms with Crippen molar-refractivity contribution in [1.82, 2.24) is 9.62 Å². The topological polar surface area (TPSA) is 67.9 Å². The van der Waals surface area contributed by atoms with Crippen molar-refractivity contribution in [3.63, 3.8) is 0 Å². The molecule has 0 bridgehead atoms. The highest BCUT2D eigenvalue weighted by atomic mass is 35.5. The quantitative estimate of drug-likeness (QED) is 0.372. The Morgan fingerprint density at radius 3 is 2.59 bits per heavy atom. The summed E-state index contributed by atoms with van der Waals surface area (Å²) in [5.74, 6) is -0.558. The molecule has 0 fully saturated rings. The average molecular weight is 537 g/mol. The molecule has 2 aliphatic rings. The molecule has 0 saturated heterocycles. The summed E-state index contributed by atoms with van der Waals surface area (Å²) in [7, 11) is -0.786. The Kier molecular flexibility index (Phi) is 8.68. The van der Waals surface area contributed by atoms with Crippen molar-refractivity contribution >= 4 is 34.0 Å². The number of nitrogens with zero attached hydrogens (tertiary/aromatic N) is 1. The van der Waals surface area contributed by atoms with Crippen LogP contribution in [0.5, 0.6) is 11.5 Å². The maximum absolute atomic E-state index is 13.9. The van der Waals surface area contributed by atoms with Crippen LogP contribution in [0.1, 0.15) is 42.0 Å². The fraction of sp³-hybridized carbons (Fsp3) is 0.478. The SMILES string of the molecule is COc1cc2c3c(c1OC)CCC3N(CCCCNS(=O)(=O)c1cc(Cl)c(F)cc1F)CC2.Cl. The van der Waals surface area contributed by atoms with Crippen molar-refractivity contribution in [3.05, 3.63) is 51.5 Å². The molecule has 1 aliphatic heterocycles. The van der Waals surface area contributed by atoms with E-state index >= 15 is 0 Å². The standard InChI is InChI=1S/C23H27ClF2N2O4S.ClH/c1-31-20-11-14-7-10-28(19-6-5-15(22(14)19)23(20)32-2)9-4-3-8-27-33(29,30)21-12-16(24)17(25)13-18(21)26;/h11-13,19,27H,3-10H2,1-2H3;1H. The van der Waals surface area contributed by atoms with Crippen LogP contribution in [0.2, 0.25) is 5.02 Å². The molecule has 1 aliphatic carbocycles. The van der Waals surface area contributed by atoms with E-state index in [0.29, 0.717) is 18.5 Å². The van der Waals surface area contributed by atoms with Gasteiger partial charge in [-0.3, -0.25) is 4.90 Å². The lowest BCUT2D eigenvalue weighted by atomic mass is 9.92. The van der Waals surface area contributed by atoms with Crippen molar-refractivity contribution in [2.75, 3.05) is 33.9 Å². The zero-order valence-electron chi connectivity index (χ0n) is 19.0. The van der Waals surface area contributed by atoms with Crippen molar-refractivity contribution in [1.29, 1.82) is 0 Å². The molecule has 0 amide bonds. The maximum atomic E-state index is 13.9. The summed E-state index contributed by atoms with van der Waals surface area (Å²) in [6, 6.07) is 3.69. The van der Waals surface area contributed by atoms with Crippen LogP contribution in [0.25, 0.3) is 0 Å². The van der Waals surface area contributed by atoms with Crippen LogP contribution < -0.4 is 14.2 Å². The van der Waals surface area contributed by atoms with Gasteiger partial charge in [-0.15, -0.1) is 12.4 Å². The zero-order chi connectivity index (χ0) is 23.8. The first-order valence-electron chi connectivity index (χ1n) is 10.9. The first kappa shape index (κ1) is 26.9. The van der Waals surface area contributed by atoms with E-state index in [1.165, 1.54) is 16.7 Å². The average Bonchev–Trinajstić information content (AvgIpc) is 3.23.